The lowest BCUT2D eigenvalue weighted by Crippen LogP contribution is -2.28. The molecule has 1 aromatic carbocycles. The first-order valence-electron chi connectivity index (χ1n) is 7.07. The van der Waals surface area contributed by atoms with Gasteiger partial charge in [-0.1, -0.05) is 0 Å². The Hall–Kier alpha value is -1.88. The molecular weight excluding hydrogens is 268 g/mol. The molecule has 21 heavy (non-hydrogen) atoms. The second-order valence-corrected chi connectivity index (χ2v) is 6.47. The summed E-state index contributed by atoms with van der Waals surface area (Å²) in [6.45, 7) is 7.85. The Kier molecular flexibility index (Phi) is 4.05. The largest absolute Gasteiger partial charge is 0.456 e. The van der Waals surface area contributed by atoms with E-state index in [0.29, 0.717) is 18.5 Å². The molecule has 0 saturated carbocycles. The van der Waals surface area contributed by atoms with Crippen LogP contribution in [0.5, 0.6) is 0 Å². The summed E-state index contributed by atoms with van der Waals surface area (Å²) in [4.78, 5) is 25.6. The summed E-state index contributed by atoms with van der Waals surface area (Å²) in [7, 11) is 0. The number of aryl methyl sites for hydroxylation is 1. The summed E-state index contributed by atoms with van der Waals surface area (Å²) in [6, 6.07) is 5.18. The SMILES string of the molecule is Cc1cc(N2C[C@H](N)CC2=O)ccc1C(=O)OC(C)(C)C. The van der Waals surface area contributed by atoms with Gasteiger partial charge in [-0.05, 0) is 51.5 Å². The van der Waals surface area contributed by atoms with Gasteiger partial charge in [0.1, 0.15) is 5.60 Å². The van der Waals surface area contributed by atoms with Gasteiger partial charge in [-0.15, -0.1) is 0 Å². The monoisotopic (exact) mass is 290 g/mol. The second kappa shape index (κ2) is 5.48. The van der Waals surface area contributed by atoms with Crippen molar-refractivity contribution in [1.82, 2.24) is 0 Å². The van der Waals surface area contributed by atoms with Crippen molar-refractivity contribution in [3.63, 3.8) is 0 Å². The molecule has 114 valence electrons. The quantitative estimate of drug-likeness (QED) is 0.846. The second-order valence-electron chi connectivity index (χ2n) is 6.47. The Bertz CT molecular complexity index is 575. The Labute approximate surface area is 125 Å². The molecule has 1 aliphatic heterocycles. The molecule has 1 saturated heterocycles. The van der Waals surface area contributed by atoms with Crippen molar-refractivity contribution >= 4 is 17.6 Å². The van der Waals surface area contributed by atoms with Crippen LogP contribution in [0.2, 0.25) is 0 Å². The smallest absolute Gasteiger partial charge is 0.338 e. The summed E-state index contributed by atoms with van der Waals surface area (Å²) in [5.74, 6) is -0.331. The molecule has 0 aliphatic carbocycles. The van der Waals surface area contributed by atoms with Gasteiger partial charge in [0.25, 0.3) is 0 Å². The molecule has 1 aliphatic rings. The van der Waals surface area contributed by atoms with E-state index in [1.807, 2.05) is 33.8 Å². The summed E-state index contributed by atoms with van der Waals surface area (Å²) in [5.41, 5.74) is 7.35. The van der Waals surface area contributed by atoms with Gasteiger partial charge in [0.2, 0.25) is 5.91 Å². The third-order valence-corrected chi connectivity index (χ3v) is 3.30. The predicted molar refractivity (Wildman–Crippen MR) is 81.3 cm³/mol. The van der Waals surface area contributed by atoms with Crippen LogP contribution in [0, 0.1) is 6.92 Å². The van der Waals surface area contributed by atoms with E-state index in [1.54, 1.807) is 17.0 Å². The fraction of sp³-hybridized carbons (Fsp3) is 0.500. The van der Waals surface area contributed by atoms with Crippen molar-refractivity contribution in [1.29, 1.82) is 0 Å². The van der Waals surface area contributed by atoms with Crippen molar-refractivity contribution < 1.29 is 14.3 Å². The highest BCUT2D eigenvalue weighted by Crippen LogP contribution is 2.25. The number of carbonyl (C=O) groups is 2. The van der Waals surface area contributed by atoms with Gasteiger partial charge in [0, 0.05) is 24.7 Å². The minimum atomic E-state index is -0.528. The molecule has 1 amide bonds. The van der Waals surface area contributed by atoms with Gasteiger partial charge >= 0.3 is 5.97 Å². The van der Waals surface area contributed by atoms with Gasteiger partial charge in [-0.2, -0.15) is 0 Å². The predicted octanol–water partition coefficient (Wildman–Crippen LogP) is 2.01. The van der Waals surface area contributed by atoms with Crippen LogP contribution >= 0.6 is 0 Å². The number of rotatable bonds is 2. The highest BCUT2D eigenvalue weighted by molar-refractivity contribution is 5.97. The molecule has 0 spiro atoms. The van der Waals surface area contributed by atoms with Gasteiger partial charge in [0.15, 0.2) is 0 Å². The zero-order valence-corrected chi connectivity index (χ0v) is 13.0. The lowest BCUT2D eigenvalue weighted by atomic mass is 10.1. The van der Waals surface area contributed by atoms with Crippen molar-refractivity contribution in [2.24, 2.45) is 5.73 Å². The van der Waals surface area contributed by atoms with Gasteiger partial charge in [-0.3, -0.25) is 4.79 Å². The molecule has 1 fully saturated rings. The number of ether oxygens (including phenoxy) is 1. The van der Waals surface area contributed by atoms with E-state index in [9.17, 15) is 9.59 Å². The van der Waals surface area contributed by atoms with Crippen LogP contribution in [0.25, 0.3) is 0 Å². The number of nitrogens with zero attached hydrogens (tertiary/aromatic N) is 1. The molecule has 5 heteroatoms. The van der Waals surface area contributed by atoms with E-state index in [0.717, 1.165) is 11.3 Å². The highest BCUT2D eigenvalue weighted by atomic mass is 16.6. The van der Waals surface area contributed by atoms with Crippen molar-refractivity contribution in [3.8, 4) is 0 Å². The highest BCUT2D eigenvalue weighted by Gasteiger charge is 2.28. The van der Waals surface area contributed by atoms with E-state index < -0.39 is 5.60 Å². The van der Waals surface area contributed by atoms with Crippen LogP contribution in [0.15, 0.2) is 18.2 Å². The molecule has 0 bridgehead atoms. The van der Waals surface area contributed by atoms with Crippen molar-refractivity contribution in [3.05, 3.63) is 29.3 Å². The Morgan fingerprint density at radius 3 is 2.52 bits per heavy atom. The Balaban J connectivity index is 2.22. The fourth-order valence-electron chi connectivity index (χ4n) is 2.36. The third kappa shape index (κ3) is 3.61. The van der Waals surface area contributed by atoms with Gasteiger partial charge < -0.3 is 15.4 Å². The number of hydrogen-bond acceptors (Lipinski definition) is 4. The summed E-state index contributed by atoms with van der Waals surface area (Å²) >= 11 is 0. The molecule has 0 unspecified atom stereocenters. The number of nitrogens with two attached hydrogens (primary N) is 1. The maximum atomic E-state index is 12.1. The number of anilines is 1. The average Bonchev–Trinajstić information content (AvgIpc) is 2.65. The van der Waals surface area contributed by atoms with Crippen LogP contribution in [0.4, 0.5) is 5.69 Å². The van der Waals surface area contributed by atoms with Crippen LogP contribution in [-0.2, 0) is 9.53 Å². The molecule has 1 aromatic rings. The van der Waals surface area contributed by atoms with Crippen molar-refractivity contribution in [2.45, 2.75) is 45.8 Å². The molecule has 2 N–H and O–H groups in total. The molecule has 0 aromatic heterocycles. The Morgan fingerprint density at radius 2 is 2.05 bits per heavy atom. The molecule has 5 nitrogen and oxygen atoms in total. The molecule has 2 rings (SSSR count). The number of esters is 1. The molecular formula is C16H22N2O3. The zero-order chi connectivity index (χ0) is 15.8. The topological polar surface area (TPSA) is 72.6 Å². The third-order valence-electron chi connectivity index (χ3n) is 3.30. The van der Waals surface area contributed by atoms with E-state index in [1.165, 1.54) is 0 Å². The minimum Gasteiger partial charge on any atom is -0.456 e. The van der Waals surface area contributed by atoms with Crippen LogP contribution in [0.1, 0.15) is 43.1 Å². The first kappa shape index (κ1) is 15.5. The van der Waals surface area contributed by atoms with Crippen LogP contribution in [-0.4, -0.2) is 30.1 Å². The first-order valence-corrected chi connectivity index (χ1v) is 7.07. The molecule has 1 heterocycles. The normalized spacial score (nSPS) is 19.0. The molecule has 0 radical (unpaired) electrons. The summed E-state index contributed by atoms with van der Waals surface area (Å²) in [6.07, 6.45) is 0.368. The van der Waals surface area contributed by atoms with E-state index >= 15 is 0 Å². The van der Waals surface area contributed by atoms with Crippen LogP contribution in [0.3, 0.4) is 0 Å². The zero-order valence-electron chi connectivity index (χ0n) is 13.0. The minimum absolute atomic E-state index is 0.0203. The average molecular weight is 290 g/mol. The number of amides is 1. The first-order chi connectivity index (χ1) is 9.67. The van der Waals surface area contributed by atoms with Gasteiger partial charge in [0.05, 0.1) is 5.56 Å². The molecule has 1 atom stereocenters. The fourth-order valence-corrected chi connectivity index (χ4v) is 2.36. The number of benzene rings is 1. The van der Waals surface area contributed by atoms with E-state index in [4.69, 9.17) is 10.5 Å². The standard InChI is InChI=1S/C16H22N2O3/c1-10-7-12(18-9-11(17)8-14(18)19)5-6-13(10)15(20)21-16(2,3)4/h5-7,11H,8-9,17H2,1-4H3/t11-/m1/s1. The summed E-state index contributed by atoms with van der Waals surface area (Å²) in [5, 5.41) is 0. The van der Waals surface area contributed by atoms with E-state index in [2.05, 4.69) is 0 Å². The summed E-state index contributed by atoms with van der Waals surface area (Å²) < 4.78 is 5.37. The lowest BCUT2D eigenvalue weighted by molar-refractivity contribution is -0.117. The number of carbonyl (C=O) groups excluding carboxylic acids is 2. The van der Waals surface area contributed by atoms with Crippen LogP contribution < -0.4 is 10.6 Å². The van der Waals surface area contributed by atoms with Crippen molar-refractivity contribution in [2.75, 3.05) is 11.4 Å². The van der Waals surface area contributed by atoms with Gasteiger partial charge in [-0.25, -0.2) is 4.79 Å². The maximum Gasteiger partial charge on any atom is 0.338 e. The number of hydrogen-bond donors (Lipinski definition) is 1. The Morgan fingerprint density at radius 1 is 1.38 bits per heavy atom. The lowest BCUT2D eigenvalue weighted by Gasteiger charge is -2.21. The van der Waals surface area contributed by atoms with E-state index in [-0.39, 0.29) is 17.9 Å². The maximum absolute atomic E-state index is 12.1.